The molecule has 1 N–H and O–H groups in total. The molecule has 0 aromatic heterocycles. The van der Waals surface area contributed by atoms with Crippen molar-refractivity contribution in [2.45, 2.75) is 30.0 Å². The summed E-state index contributed by atoms with van der Waals surface area (Å²) in [5.74, 6) is -0.0821. The fourth-order valence-electron chi connectivity index (χ4n) is 3.14. The molecular formula is C19H19F3N2O4S. The molecule has 1 aliphatic heterocycles. The minimum absolute atomic E-state index is 0.0348. The van der Waals surface area contributed by atoms with Gasteiger partial charge in [0.15, 0.2) is 0 Å². The van der Waals surface area contributed by atoms with Crippen LogP contribution in [0.5, 0.6) is 5.75 Å². The summed E-state index contributed by atoms with van der Waals surface area (Å²) >= 11 is 0. The van der Waals surface area contributed by atoms with Crippen molar-refractivity contribution in [2.75, 3.05) is 19.0 Å². The molecule has 1 fully saturated rings. The van der Waals surface area contributed by atoms with Crippen molar-refractivity contribution in [1.29, 1.82) is 0 Å². The zero-order chi connectivity index (χ0) is 21.2. The van der Waals surface area contributed by atoms with Crippen LogP contribution in [0.25, 0.3) is 0 Å². The number of anilines is 1. The van der Waals surface area contributed by atoms with Gasteiger partial charge >= 0.3 is 6.18 Å². The van der Waals surface area contributed by atoms with Crippen LogP contribution < -0.4 is 10.1 Å². The van der Waals surface area contributed by atoms with E-state index in [1.54, 1.807) is 0 Å². The summed E-state index contributed by atoms with van der Waals surface area (Å²) in [4.78, 5) is 12.7. The van der Waals surface area contributed by atoms with Crippen molar-refractivity contribution in [3.63, 3.8) is 0 Å². The minimum atomic E-state index is -4.47. The van der Waals surface area contributed by atoms with Gasteiger partial charge in [0.05, 0.1) is 17.6 Å². The summed E-state index contributed by atoms with van der Waals surface area (Å²) < 4.78 is 70.0. The van der Waals surface area contributed by atoms with E-state index in [0.717, 1.165) is 28.6 Å². The molecule has 1 aliphatic rings. The predicted octanol–water partition coefficient (Wildman–Crippen LogP) is 3.51. The Kier molecular flexibility index (Phi) is 5.85. The number of benzene rings is 2. The van der Waals surface area contributed by atoms with Gasteiger partial charge in [-0.3, -0.25) is 4.79 Å². The highest BCUT2D eigenvalue weighted by Gasteiger charge is 2.39. The molecule has 3 rings (SSSR count). The first-order valence-corrected chi connectivity index (χ1v) is 10.2. The number of hydrogen-bond donors (Lipinski definition) is 1. The molecule has 2 aromatic rings. The van der Waals surface area contributed by atoms with Gasteiger partial charge in [0.2, 0.25) is 15.9 Å². The standard InChI is InChI=1S/C19H19F3N2O4S/c1-28-15-8-10-16(11-9-15)29(26,27)24-12-2-3-17(24)18(25)23-14-6-4-13(5-7-14)19(20,21)22/h4-11,17H,2-3,12H2,1H3,(H,23,25)/t17-/m0/s1. The molecule has 29 heavy (non-hydrogen) atoms. The number of halogens is 3. The number of nitrogens with zero attached hydrogens (tertiary/aromatic N) is 1. The minimum Gasteiger partial charge on any atom is -0.497 e. The van der Waals surface area contributed by atoms with Crippen molar-refractivity contribution in [3.8, 4) is 5.75 Å². The van der Waals surface area contributed by atoms with Gasteiger partial charge in [-0.05, 0) is 61.4 Å². The largest absolute Gasteiger partial charge is 0.497 e. The van der Waals surface area contributed by atoms with Crippen molar-refractivity contribution in [2.24, 2.45) is 0 Å². The van der Waals surface area contributed by atoms with Crippen LogP contribution in [0.3, 0.4) is 0 Å². The predicted molar refractivity (Wildman–Crippen MR) is 100.0 cm³/mol. The third kappa shape index (κ3) is 4.54. The molecule has 0 spiro atoms. The summed E-state index contributed by atoms with van der Waals surface area (Å²) in [6.07, 6.45) is -3.65. The maximum Gasteiger partial charge on any atom is 0.416 e. The number of nitrogens with one attached hydrogen (secondary N) is 1. The van der Waals surface area contributed by atoms with E-state index in [1.165, 1.54) is 31.4 Å². The summed E-state index contributed by atoms with van der Waals surface area (Å²) in [6.45, 7) is 0.180. The smallest absolute Gasteiger partial charge is 0.416 e. The first kappa shape index (κ1) is 21.1. The number of ether oxygens (including phenoxy) is 1. The Bertz CT molecular complexity index is 974. The van der Waals surface area contributed by atoms with E-state index >= 15 is 0 Å². The lowest BCUT2D eigenvalue weighted by molar-refractivity contribution is -0.137. The zero-order valence-electron chi connectivity index (χ0n) is 15.4. The third-order valence-corrected chi connectivity index (χ3v) is 6.57. The van der Waals surface area contributed by atoms with Crippen LogP contribution in [0.4, 0.5) is 18.9 Å². The van der Waals surface area contributed by atoms with E-state index in [9.17, 15) is 26.4 Å². The second-order valence-electron chi connectivity index (χ2n) is 6.51. The SMILES string of the molecule is COc1ccc(S(=O)(=O)N2CCC[C@H]2C(=O)Nc2ccc(C(F)(F)F)cc2)cc1. The van der Waals surface area contributed by atoms with Crippen LogP contribution in [0.15, 0.2) is 53.4 Å². The molecule has 1 atom stereocenters. The average molecular weight is 428 g/mol. The molecule has 1 saturated heterocycles. The first-order valence-electron chi connectivity index (χ1n) is 8.77. The lowest BCUT2D eigenvalue weighted by Crippen LogP contribution is -2.43. The van der Waals surface area contributed by atoms with Crippen molar-refractivity contribution in [3.05, 3.63) is 54.1 Å². The monoisotopic (exact) mass is 428 g/mol. The van der Waals surface area contributed by atoms with Gasteiger partial charge in [-0.2, -0.15) is 17.5 Å². The fourth-order valence-corrected chi connectivity index (χ4v) is 4.80. The topological polar surface area (TPSA) is 75.7 Å². The molecule has 10 heteroatoms. The number of carbonyl (C=O) groups excluding carboxylic acids is 1. The van der Waals surface area contributed by atoms with E-state index < -0.39 is 33.7 Å². The van der Waals surface area contributed by atoms with E-state index in [2.05, 4.69) is 5.32 Å². The van der Waals surface area contributed by atoms with Crippen molar-refractivity contribution < 1.29 is 31.1 Å². The molecule has 1 heterocycles. The normalized spacial score (nSPS) is 17.9. The number of alkyl halides is 3. The Balaban J connectivity index is 1.76. The molecule has 6 nitrogen and oxygen atoms in total. The Morgan fingerprint density at radius 1 is 1.10 bits per heavy atom. The molecule has 0 saturated carbocycles. The Morgan fingerprint density at radius 3 is 2.28 bits per heavy atom. The fraction of sp³-hybridized carbons (Fsp3) is 0.316. The van der Waals surface area contributed by atoms with Gasteiger partial charge in [0.25, 0.3) is 0 Å². The number of carbonyl (C=O) groups is 1. The summed E-state index contributed by atoms with van der Waals surface area (Å²) in [5, 5.41) is 2.50. The van der Waals surface area contributed by atoms with Crippen LogP contribution in [0.1, 0.15) is 18.4 Å². The second kappa shape index (κ2) is 8.03. The van der Waals surface area contributed by atoms with Gasteiger partial charge in [-0.1, -0.05) is 0 Å². The molecule has 0 aliphatic carbocycles. The molecule has 0 unspecified atom stereocenters. The highest BCUT2D eigenvalue weighted by molar-refractivity contribution is 7.89. The maximum absolute atomic E-state index is 12.9. The van der Waals surface area contributed by atoms with E-state index in [-0.39, 0.29) is 17.1 Å². The lowest BCUT2D eigenvalue weighted by Gasteiger charge is -2.23. The van der Waals surface area contributed by atoms with E-state index in [0.29, 0.717) is 18.6 Å². The van der Waals surface area contributed by atoms with Crippen LogP contribution in [0.2, 0.25) is 0 Å². The van der Waals surface area contributed by atoms with Crippen LogP contribution in [0, 0.1) is 0 Å². The lowest BCUT2D eigenvalue weighted by atomic mass is 10.2. The Morgan fingerprint density at radius 2 is 1.72 bits per heavy atom. The van der Waals surface area contributed by atoms with Gasteiger partial charge in [-0.15, -0.1) is 0 Å². The molecule has 156 valence electrons. The van der Waals surface area contributed by atoms with Crippen molar-refractivity contribution >= 4 is 21.6 Å². The summed E-state index contributed by atoms with van der Waals surface area (Å²) in [5.41, 5.74) is -0.670. The van der Waals surface area contributed by atoms with Gasteiger partial charge in [-0.25, -0.2) is 8.42 Å². The van der Waals surface area contributed by atoms with Gasteiger partial charge < -0.3 is 10.1 Å². The first-order chi connectivity index (χ1) is 13.6. The van der Waals surface area contributed by atoms with Crippen LogP contribution >= 0.6 is 0 Å². The number of methoxy groups -OCH3 is 1. The highest BCUT2D eigenvalue weighted by atomic mass is 32.2. The number of sulfonamides is 1. The van der Waals surface area contributed by atoms with Crippen molar-refractivity contribution in [1.82, 2.24) is 4.31 Å². The molecular weight excluding hydrogens is 409 g/mol. The summed E-state index contributed by atoms with van der Waals surface area (Å²) in [7, 11) is -2.44. The van der Waals surface area contributed by atoms with Crippen LogP contribution in [-0.4, -0.2) is 38.3 Å². The Labute approximate surface area is 166 Å². The Hall–Kier alpha value is -2.59. The quantitative estimate of drug-likeness (QED) is 0.791. The van der Waals surface area contributed by atoms with Crippen LogP contribution in [-0.2, 0) is 21.0 Å². The van der Waals surface area contributed by atoms with Gasteiger partial charge in [0, 0.05) is 12.2 Å². The van der Waals surface area contributed by atoms with Gasteiger partial charge in [0.1, 0.15) is 11.8 Å². The third-order valence-electron chi connectivity index (χ3n) is 4.65. The molecule has 0 bridgehead atoms. The molecule has 1 amide bonds. The molecule has 0 radical (unpaired) electrons. The average Bonchev–Trinajstić information content (AvgIpc) is 3.19. The second-order valence-corrected chi connectivity index (χ2v) is 8.40. The summed E-state index contributed by atoms with van der Waals surface area (Å²) in [6, 6.07) is 8.88. The number of rotatable bonds is 5. The number of amides is 1. The highest BCUT2D eigenvalue weighted by Crippen LogP contribution is 2.31. The maximum atomic E-state index is 12.9. The number of hydrogen-bond acceptors (Lipinski definition) is 4. The zero-order valence-corrected chi connectivity index (χ0v) is 16.3. The molecule has 2 aromatic carbocycles. The van der Waals surface area contributed by atoms with E-state index in [4.69, 9.17) is 4.74 Å². The van der Waals surface area contributed by atoms with E-state index in [1.807, 2.05) is 0 Å².